The van der Waals surface area contributed by atoms with E-state index in [1.807, 2.05) is 72.9 Å². The van der Waals surface area contributed by atoms with Gasteiger partial charge in [0.15, 0.2) is 6.10 Å². The van der Waals surface area contributed by atoms with Crippen LogP contribution in [-0.2, 0) is 28.6 Å². The molecule has 0 aromatic carbocycles. The zero-order chi connectivity index (χ0) is 48.6. The van der Waals surface area contributed by atoms with Crippen LogP contribution in [0.5, 0.6) is 0 Å². The summed E-state index contributed by atoms with van der Waals surface area (Å²) in [7, 11) is 0. The Balaban J connectivity index is 4.46. The molecular formula is C61H104O6. The number of allylic oxidation sites excluding steroid dienone is 14. The van der Waals surface area contributed by atoms with Gasteiger partial charge in [-0.2, -0.15) is 0 Å². The van der Waals surface area contributed by atoms with Crippen LogP contribution in [-0.4, -0.2) is 37.2 Å². The van der Waals surface area contributed by atoms with Crippen LogP contribution in [0.4, 0.5) is 0 Å². The van der Waals surface area contributed by atoms with E-state index in [-0.39, 0.29) is 31.1 Å². The second-order valence-electron chi connectivity index (χ2n) is 18.7. The molecule has 1 unspecified atom stereocenters. The summed E-state index contributed by atoms with van der Waals surface area (Å²) in [6.07, 6.45) is 71.3. The molecule has 0 aromatic rings. The standard InChI is InChI=1S/C61H104O6/c1-4-7-10-13-16-19-22-25-27-29-30-32-33-36-39-42-45-48-51-54-60(63)66-57-58(56-65-59(62)53-50-47-44-41-38-35-24-21-18-15-12-9-6-3)67-61(64)55-52-49-46-43-40-37-34-31-28-26-23-20-17-14-11-8-5-2/h7,10,13,16,19,22,25,27,29-30,32-33,36,39,58H,4-6,8-9,11-12,14-15,17-18,20-21,23-24,26,28,31,34-35,37-38,40-57H2,1-3H3/b10-7-,16-13-,22-19-,27-25-,30-29+,33-32-,39-36-. The lowest BCUT2D eigenvalue weighted by atomic mass is 10.0. The van der Waals surface area contributed by atoms with Gasteiger partial charge in [0.25, 0.3) is 0 Å². The Morgan fingerprint density at radius 2 is 0.582 bits per heavy atom. The maximum absolute atomic E-state index is 12.8. The minimum atomic E-state index is -0.792. The number of unbranched alkanes of at least 4 members (excludes halogenated alkanes) is 31. The van der Waals surface area contributed by atoms with Gasteiger partial charge in [0.2, 0.25) is 0 Å². The first-order valence-electron chi connectivity index (χ1n) is 28.2. The highest BCUT2D eigenvalue weighted by molar-refractivity contribution is 5.71. The molecular weight excluding hydrogens is 829 g/mol. The van der Waals surface area contributed by atoms with Gasteiger partial charge < -0.3 is 14.2 Å². The van der Waals surface area contributed by atoms with Crippen molar-refractivity contribution in [3.8, 4) is 0 Å². The van der Waals surface area contributed by atoms with E-state index < -0.39 is 6.10 Å². The van der Waals surface area contributed by atoms with Gasteiger partial charge in [-0.3, -0.25) is 14.4 Å². The lowest BCUT2D eigenvalue weighted by Gasteiger charge is -2.18. The van der Waals surface area contributed by atoms with Crippen molar-refractivity contribution in [2.75, 3.05) is 13.2 Å². The van der Waals surface area contributed by atoms with Crippen LogP contribution < -0.4 is 0 Å². The van der Waals surface area contributed by atoms with Crippen LogP contribution in [0, 0.1) is 0 Å². The van der Waals surface area contributed by atoms with Crippen molar-refractivity contribution in [2.45, 2.75) is 271 Å². The number of rotatable bonds is 50. The second kappa shape index (κ2) is 55.2. The summed E-state index contributed by atoms with van der Waals surface area (Å²) in [6.45, 7) is 6.48. The Bertz CT molecular complexity index is 1300. The maximum atomic E-state index is 12.8. The van der Waals surface area contributed by atoms with E-state index in [9.17, 15) is 14.4 Å². The highest BCUT2D eigenvalue weighted by atomic mass is 16.6. The topological polar surface area (TPSA) is 78.9 Å². The molecule has 0 aromatic heterocycles. The molecule has 0 N–H and O–H groups in total. The fourth-order valence-electron chi connectivity index (χ4n) is 7.90. The van der Waals surface area contributed by atoms with Crippen molar-refractivity contribution in [1.82, 2.24) is 0 Å². The van der Waals surface area contributed by atoms with Crippen molar-refractivity contribution < 1.29 is 28.6 Å². The normalized spacial score (nSPS) is 12.7. The van der Waals surface area contributed by atoms with Crippen molar-refractivity contribution in [3.05, 3.63) is 85.1 Å². The Kier molecular flexibility index (Phi) is 52.4. The summed E-state index contributed by atoms with van der Waals surface area (Å²) in [5.41, 5.74) is 0. The molecule has 6 heteroatoms. The summed E-state index contributed by atoms with van der Waals surface area (Å²) >= 11 is 0. The third kappa shape index (κ3) is 53.4. The van der Waals surface area contributed by atoms with Gasteiger partial charge in [-0.05, 0) is 38.5 Å². The number of hydrogen-bond donors (Lipinski definition) is 0. The predicted molar refractivity (Wildman–Crippen MR) is 288 cm³/mol. The molecule has 0 saturated heterocycles. The highest BCUT2D eigenvalue weighted by Crippen LogP contribution is 2.16. The average molecular weight is 933 g/mol. The lowest BCUT2D eigenvalue weighted by molar-refractivity contribution is -0.167. The number of carbonyl (C=O) groups is 3. The van der Waals surface area contributed by atoms with Crippen molar-refractivity contribution >= 4 is 17.9 Å². The van der Waals surface area contributed by atoms with Gasteiger partial charge in [-0.1, -0.05) is 292 Å². The SMILES string of the molecule is CC\C=C/C=C\C=C/C=C\C=C\C=C/C=C\CCCCCC(=O)OCC(COC(=O)CCCCCCCCCCCCCCC)OC(=O)CCCCCCCCCCCCCCCCCCC. The number of hydrogen-bond acceptors (Lipinski definition) is 6. The first kappa shape index (κ1) is 63.6. The molecule has 0 rings (SSSR count). The Morgan fingerprint density at radius 1 is 0.313 bits per heavy atom. The Labute approximate surface area is 414 Å². The summed E-state index contributed by atoms with van der Waals surface area (Å²) in [5.74, 6) is -0.926. The monoisotopic (exact) mass is 933 g/mol. The van der Waals surface area contributed by atoms with Gasteiger partial charge >= 0.3 is 17.9 Å². The van der Waals surface area contributed by atoms with E-state index in [2.05, 4.69) is 32.9 Å². The Hall–Kier alpha value is -3.41. The Morgan fingerprint density at radius 3 is 0.910 bits per heavy atom. The average Bonchev–Trinajstić information content (AvgIpc) is 3.33. The lowest BCUT2D eigenvalue weighted by Crippen LogP contribution is -2.30. The van der Waals surface area contributed by atoms with E-state index in [1.54, 1.807) is 0 Å². The molecule has 0 aliphatic heterocycles. The maximum Gasteiger partial charge on any atom is 0.306 e. The van der Waals surface area contributed by atoms with Crippen LogP contribution in [0.15, 0.2) is 85.1 Å². The molecule has 0 heterocycles. The van der Waals surface area contributed by atoms with Crippen LogP contribution >= 0.6 is 0 Å². The third-order valence-corrected chi connectivity index (χ3v) is 12.1. The van der Waals surface area contributed by atoms with Gasteiger partial charge in [-0.25, -0.2) is 0 Å². The molecule has 0 bridgehead atoms. The van der Waals surface area contributed by atoms with Crippen LogP contribution in [0.3, 0.4) is 0 Å². The zero-order valence-electron chi connectivity index (χ0n) is 43.9. The first-order valence-corrected chi connectivity index (χ1v) is 28.2. The van der Waals surface area contributed by atoms with Crippen molar-refractivity contribution in [3.63, 3.8) is 0 Å². The summed E-state index contributed by atoms with van der Waals surface area (Å²) in [6, 6.07) is 0. The smallest absolute Gasteiger partial charge is 0.306 e. The molecule has 6 nitrogen and oxygen atoms in total. The van der Waals surface area contributed by atoms with Gasteiger partial charge in [-0.15, -0.1) is 0 Å². The minimum absolute atomic E-state index is 0.0881. The predicted octanol–water partition coefficient (Wildman–Crippen LogP) is 18.8. The molecule has 1 atom stereocenters. The summed E-state index contributed by atoms with van der Waals surface area (Å²) in [4.78, 5) is 38.1. The number of carbonyl (C=O) groups excluding carboxylic acids is 3. The van der Waals surface area contributed by atoms with E-state index >= 15 is 0 Å². The zero-order valence-corrected chi connectivity index (χ0v) is 43.9. The molecule has 384 valence electrons. The van der Waals surface area contributed by atoms with Crippen LogP contribution in [0.1, 0.15) is 265 Å². The second-order valence-corrected chi connectivity index (χ2v) is 18.7. The molecule has 0 fully saturated rings. The van der Waals surface area contributed by atoms with Gasteiger partial charge in [0, 0.05) is 19.3 Å². The first-order chi connectivity index (χ1) is 33.0. The number of esters is 3. The molecule has 0 radical (unpaired) electrons. The molecule has 0 aliphatic rings. The van der Waals surface area contributed by atoms with Crippen LogP contribution in [0.25, 0.3) is 0 Å². The molecule has 0 aliphatic carbocycles. The molecule has 67 heavy (non-hydrogen) atoms. The minimum Gasteiger partial charge on any atom is -0.462 e. The number of ether oxygens (including phenoxy) is 3. The van der Waals surface area contributed by atoms with E-state index in [4.69, 9.17) is 14.2 Å². The van der Waals surface area contributed by atoms with E-state index in [1.165, 1.54) is 154 Å². The summed E-state index contributed by atoms with van der Waals surface area (Å²) in [5, 5.41) is 0. The molecule has 0 amide bonds. The van der Waals surface area contributed by atoms with E-state index in [0.717, 1.165) is 70.6 Å². The van der Waals surface area contributed by atoms with E-state index in [0.29, 0.717) is 19.3 Å². The molecule has 0 saturated carbocycles. The molecule has 0 spiro atoms. The van der Waals surface area contributed by atoms with Crippen molar-refractivity contribution in [1.29, 1.82) is 0 Å². The van der Waals surface area contributed by atoms with Gasteiger partial charge in [0.05, 0.1) is 0 Å². The highest BCUT2D eigenvalue weighted by Gasteiger charge is 2.19. The van der Waals surface area contributed by atoms with Gasteiger partial charge in [0.1, 0.15) is 13.2 Å². The van der Waals surface area contributed by atoms with Crippen LogP contribution in [0.2, 0.25) is 0 Å². The fraction of sp³-hybridized carbons (Fsp3) is 0.721. The largest absolute Gasteiger partial charge is 0.462 e. The fourth-order valence-corrected chi connectivity index (χ4v) is 7.90. The van der Waals surface area contributed by atoms with Crippen molar-refractivity contribution in [2.24, 2.45) is 0 Å². The summed E-state index contributed by atoms with van der Waals surface area (Å²) < 4.78 is 16.8. The third-order valence-electron chi connectivity index (χ3n) is 12.1. The quantitative estimate of drug-likeness (QED) is 0.0262.